The van der Waals surface area contributed by atoms with Crippen LogP contribution in [0.15, 0.2) is 24.3 Å². The van der Waals surface area contributed by atoms with Gasteiger partial charge in [-0.15, -0.1) is 0 Å². The van der Waals surface area contributed by atoms with E-state index in [0.717, 1.165) is 37.7 Å². The van der Waals surface area contributed by atoms with Crippen LogP contribution in [0.4, 0.5) is 0 Å². The Balaban J connectivity index is 1.66. The predicted octanol–water partition coefficient (Wildman–Crippen LogP) is 3.49. The van der Waals surface area contributed by atoms with Crippen LogP contribution in [0.3, 0.4) is 0 Å². The van der Waals surface area contributed by atoms with Crippen LogP contribution in [-0.2, 0) is 20.8 Å². The van der Waals surface area contributed by atoms with Crippen LogP contribution in [0, 0.1) is 0 Å². The number of carbonyl (C=O) groups is 3. The van der Waals surface area contributed by atoms with Gasteiger partial charge in [-0.1, -0.05) is 49.9 Å². The van der Waals surface area contributed by atoms with E-state index in [0.29, 0.717) is 50.0 Å². The molecule has 1 aromatic carbocycles. The Kier molecular flexibility index (Phi) is 10.4. The van der Waals surface area contributed by atoms with Gasteiger partial charge in [0.05, 0.1) is 6.04 Å². The number of hydrogen-bond donors (Lipinski definition) is 1. The molecule has 2 fully saturated rings. The molecule has 35 heavy (non-hydrogen) atoms. The SMILES string of the molecule is CCCC(=O)N(C1CCCCC1)C1CN(C(=O)[C@@H](Cc2ccc(Cl)cc2)NC(=O)CCN(C)C)C1. The van der Waals surface area contributed by atoms with Crippen molar-refractivity contribution in [2.24, 2.45) is 0 Å². The minimum Gasteiger partial charge on any atom is -0.344 e. The van der Waals surface area contributed by atoms with E-state index in [4.69, 9.17) is 11.6 Å². The molecule has 3 amide bonds. The molecule has 0 unspecified atom stereocenters. The fourth-order valence-electron chi connectivity index (χ4n) is 5.09. The molecule has 2 aliphatic rings. The van der Waals surface area contributed by atoms with Crippen molar-refractivity contribution in [3.05, 3.63) is 34.9 Å². The third kappa shape index (κ3) is 7.94. The van der Waals surface area contributed by atoms with Gasteiger partial charge in [0.2, 0.25) is 17.7 Å². The maximum absolute atomic E-state index is 13.5. The fourth-order valence-corrected chi connectivity index (χ4v) is 5.21. The van der Waals surface area contributed by atoms with Gasteiger partial charge in [-0.05, 0) is 51.1 Å². The van der Waals surface area contributed by atoms with Gasteiger partial charge < -0.3 is 20.0 Å². The highest BCUT2D eigenvalue weighted by Gasteiger charge is 2.42. The lowest BCUT2D eigenvalue weighted by Crippen LogP contribution is -2.67. The third-order valence-corrected chi connectivity index (χ3v) is 7.31. The summed E-state index contributed by atoms with van der Waals surface area (Å²) in [5.41, 5.74) is 0.944. The van der Waals surface area contributed by atoms with E-state index in [1.165, 1.54) is 6.42 Å². The molecule has 0 radical (unpaired) electrons. The zero-order valence-electron chi connectivity index (χ0n) is 21.5. The van der Waals surface area contributed by atoms with Gasteiger partial charge in [-0.3, -0.25) is 14.4 Å². The van der Waals surface area contributed by atoms with Crippen molar-refractivity contribution < 1.29 is 14.4 Å². The number of halogens is 1. The van der Waals surface area contributed by atoms with Crippen molar-refractivity contribution in [2.75, 3.05) is 33.7 Å². The second kappa shape index (κ2) is 13.3. The van der Waals surface area contributed by atoms with E-state index in [1.807, 2.05) is 38.1 Å². The van der Waals surface area contributed by atoms with Crippen LogP contribution in [0.5, 0.6) is 0 Å². The van der Waals surface area contributed by atoms with Gasteiger partial charge in [0, 0.05) is 50.0 Å². The monoisotopic (exact) mass is 504 g/mol. The fraction of sp³-hybridized carbons (Fsp3) is 0.667. The van der Waals surface area contributed by atoms with Gasteiger partial charge in [0.1, 0.15) is 6.04 Å². The number of rotatable bonds is 11. The standard InChI is InChI=1S/C27H41ClN4O3/c1-4-8-26(34)32(22-9-6-5-7-10-22)23-18-31(19-23)27(35)24(29-25(33)15-16-30(2)3)17-20-11-13-21(28)14-12-20/h11-14,22-24H,4-10,15-19H2,1-3H3,(H,29,33)/t24-/m1/s1. The number of nitrogens with one attached hydrogen (secondary N) is 1. The molecule has 0 bridgehead atoms. The number of likely N-dealkylation sites (tertiary alicyclic amines) is 1. The smallest absolute Gasteiger partial charge is 0.245 e. The first-order valence-corrected chi connectivity index (χ1v) is 13.4. The average Bonchev–Trinajstić information content (AvgIpc) is 2.81. The minimum absolute atomic E-state index is 0.0710. The molecular weight excluding hydrogens is 464 g/mol. The Bertz CT molecular complexity index is 848. The Morgan fingerprint density at radius 3 is 2.29 bits per heavy atom. The summed E-state index contributed by atoms with van der Waals surface area (Å²) in [6.07, 6.45) is 7.81. The largest absolute Gasteiger partial charge is 0.344 e. The molecule has 1 aliphatic heterocycles. The highest BCUT2D eigenvalue weighted by Crippen LogP contribution is 2.29. The van der Waals surface area contributed by atoms with Crippen molar-refractivity contribution in [1.29, 1.82) is 0 Å². The molecule has 1 N–H and O–H groups in total. The highest BCUT2D eigenvalue weighted by molar-refractivity contribution is 6.30. The third-order valence-electron chi connectivity index (χ3n) is 7.06. The summed E-state index contributed by atoms with van der Waals surface area (Å²) in [7, 11) is 3.84. The molecule has 0 spiro atoms. The number of amides is 3. The zero-order chi connectivity index (χ0) is 25.4. The molecule has 1 saturated carbocycles. The lowest BCUT2D eigenvalue weighted by Gasteiger charge is -2.49. The van der Waals surface area contributed by atoms with Gasteiger partial charge >= 0.3 is 0 Å². The lowest BCUT2D eigenvalue weighted by atomic mass is 9.91. The second-order valence-corrected chi connectivity index (χ2v) is 10.7. The molecular formula is C27H41ClN4O3. The maximum atomic E-state index is 13.5. The maximum Gasteiger partial charge on any atom is 0.245 e. The van der Waals surface area contributed by atoms with E-state index in [1.54, 1.807) is 17.0 Å². The Morgan fingerprint density at radius 1 is 1.03 bits per heavy atom. The summed E-state index contributed by atoms with van der Waals surface area (Å²) < 4.78 is 0. The van der Waals surface area contributed by atoms with Crippen LogP contribution in [0.1, 0.15) is 63.9 Å². The summed E-state index contributed by atoms with van der Waals surface area (Å²) in [5.74, 6) is -0.00261. The van der Waals surface area contributed by atoms with Crippen molar-refractivity contribution in [3.8, 4) is 0 Å². The molecule has 1 saturated heterocycles. The average molecular weight is 505 g/mol. The van der Waals surface area contributed by atoms with E-state index in [9.17, 15) is 14.4 Å². The van der Waals surface area contributed by atoms with Crippen LogP contribution in [0.2, 0.25) is 5.02 Å². The molecule has 194 valence electrons. The van der Waals surface area contributed by atoms with Crippen LogP contribution >= 0.6 is 11.6 Å². The van der Waals surface area contributed by atoms with E-state index < -0.39 is 6.04 Å². The number of nitrogens with zero attached hydrogens (tertiary/aromatic N) is 3. The first kappa shape index (κ1) is 27.5. The van der Waals surface area contributed by atoms with Crippen LogP contribution in [0.25, 0.3) is 0 Å². The van der Waals surface area contributed by atoms with E-state index >= 15 is 0 Å². The van der Waals surface area contributed by atoms with Crippen molar-refractivity contribution >= 4 is 29.3 Å². The Hall–Kier alpha value is -2.12. The molecule has 0 aromatic heterocycles. The van der Waals surface area contributed by atoms with E-state index in [-0.39, 0.29) is 23.8 Å². The number of hydrogen-bond acceptors (Lipinski definition) is 4. The first-order valence-electron chi connectivity index (χ1n) is 13.1. The number of carbonyl (C=O) groups excluding carboxylic acids is 3. The predicted molar refractivity (Wildman–Crippen MR) is 139 cm³/mol. The van der Waals surface area contributed by atoms with Crippen molar-refractivity contribution in [2.45, 2.75) is 82.8 Å². The van der Waals surface area contributed by atoms with Gasteiger partial charge in [0.25, 0.3) is 0 Å². The quantitative estimate of drug-likeness (QED) is 0.500. The summed E-state index contributed by atoms with van der Waals surface area (Å²) in [6.45, 7) is 3.73. The zero-order valence-corrected chi connectivity index (χ0v) is 22.2. The highest BCUT2D eigenvalue weighted by atomic mass is 35.5. The number of benzene rings is 1. The minimum atomic E-state index is -0.638. The Morgan fingerprint density at radius 2 is 1.69 bits per heavy atom. The first-order chi connectivity index (χ1) is 16.8. The molecule has 1 heterocycles. The molecule has 8 heteroatoms. The second-order valence-electron chi connectivity index (χ2n) is 10.2. The van der Waals surface area contributed by atoms with Crippen molar-refractivity contribution in [1.82, 2.24) is 20.0 Å². The molecule has 3 rings (SSSR count). The topological polar surface area (TPSA) is 73.0 Å². The van der Waals surface area contributed by atoms with Crippen LogP contribution in [-0.4, -0.2) is 84.3 Å². The molecule has 1 atom stereocenters. The lowest BCUT2D eigenvalue weighted by molar-refractivity contribution is -0.152. The van der Waals surface area contributed by atoms with Gasteiger partial charge in [0.15, 0.2) is 0 Å². The van der Waals surface area contributed by atoms with Crippen LogP contribution < -0.4 is 5.32 Å². The van der Waals surface area contributed by atoms with Gasteiger partial charge in [-0.25, -0.2) is 0 Å². The van der Waals surface area contributed by atoms with Crippen molar-refractivity contribution in [3.63, 3.8) is 0 Å². The molecule has 1 aliphatic carbocycles. The molecule has 1 aromatic rings. The van der Waals surface area contributed by atoms with E-state index in [2.05, 4.69) is 10.2 Å². The normalized spacial score (nSPS) is 17.7. The summed E-state index contributed by atoms with van der Waals surface area (Å²) in [6, 6.07) is 7.10. The van der Waals surface area contributed by atoms with Gasteiger partial charge in [-0.2, -0.15) is 0 Å². The Labute approximate surface area is 215 Å². The summed E-state index contributed by atoms with van der Waals surface area (Å²) in [5, 5.41) is 3.60. The molecule has 7 nitrogen and oxygen atoms in total. The summed E-state index contributed by atoms with van der Waals surface area (Å²) >= 11 is 6.02. The summed E-state index contributed by atoms with van der Waals surface area (Å²) in [4.78, 5) is 44.9.